The van der Waals surface area contributed by atoms with Crippen molar-refractivity contribution in [2.24, 2.45) is 0 Å². The van der Waals surface area contributed by atoms with E-state index in [1.54, 1.807) is 11.0 Å². The predicted octanol–water partition coefficient (Wildman–Crippen LogP) is 0.591. The topological polar surface area (TPSA) is 80.5 Å². The van der Waals surface area contributed by atoms with Crippen LogP contribution < -0.4 is 0 Å². The van der Waals surface area contributed by atoms with Crippen molar-refractivity contribution < 1.29 is 14.6 Å². The number of aryl methyl sites for hydroxylation is 1. The molecule has 7 nitrogen and oxygen atoms in total. The van der Waals surface area contributed by atoms with Gasteiger partial charge in [-0.25, -0.2) is 4.98 Å². The molecule has 0 bridgehead atoms. The van der Waals surface area contributed by atoms with Crippen LogP contribution >= 0.6 is 0 Å². The smallest absolute Gasteiger partial charge is 0.222 e. The molecule has 0 saturated carbocycles. The Morgan fingerprint density at radius 1 is 1.41 bits per heavy atom. The zero-order valence-electron chi connectivity index (χ0n) is 12.9. The van der Waals surface area contributed by atoms with E-state index in [0.29, 0.717) is 26.1 Å². The second-order valence-corrected chi connectivity index (χ2v) is 6.21. The molecule has 2 aliphatic heterocycles. The lowest BCUT2D eigenvalue weighted by molar-refractivity contribution is -0.179. The maximum Gasteiger partial charge on any atom is 0.222 e. The highest BCUT2D eigenvalue weighted by Crippen LogP contribution is 2.35. The maximum atomic E-state index is 12.3. The van der Waals surface area contributed by atoms with E-state index in [4.69, 9.17) is 4.74 Å². The van der Waals surface area contributed by atoms with Crippen LogP contribution in [-0.4, -0.2) is 62.1 Å². The van der Waals surface area contributed by atoms with Gasteiger partial charge < -0.3 is 14.7 Å². The molecule has 0 radical (unpaired) electrons. The summed E-state index contributed by atoms with van der Waals surface area (Å²) < 4.78 is 7.61. The standard InChI is InChI=1S/C15H24N4O3/c20-13-3-2-10-22-15(13)5-8-18(9-6-15)14(21)4-1-7-19-12-16-11-17-19/h11-13,20H,1-10H2. The number of hydrogen-bond acceptors (Lipinski definition) is 5. The van der Waals surface area contributed by atoms with E-state index in [1.165, 1.54) is 6.33 Å². The number of nitrogens with zero attached hydrogens (tertiary/aromatic N) is 4. The van der Waals surface area contributed by atoms with Crippen molar-refractivity contribution in [3.63, 3.8) is 0 Å². The third-order valence-electron chi connectivity index (χ3n) is 4.83. The summed E-state index contributed by atoms with van der Waals surface area (Å²) in [6.07, 6.45) is 7.29. The number of likely N-dealkylation sites (tertiary alicyclic amines) is 1. The first-order valence-corrected chi connectivity index (χ1v) is 8.12. The third-order valence-corrected chi connectivity index (χ3v) is 4.83. The second-order valence-electron chi connectivity index (χ2n) is 6.21. The van der Waals surface area contributed by atoms with Gasteiger partial charge in [0, 0.05) is 32.7 Å². The minimum atomic E-state index is -0.407. The Hall–Kier alpha value is -1.47. The van der Waals surface area contributed by atoms with Crippen LogP contribution in [0.4, 0.5) is 0 Å². The zero-order valence-corrected chi connectivity index (χ0v) is 12.9. The van der Waals surface area contributed by atoms with Crippen LogP contribution in [0.25, 0.3) is 0 Å². The predicted molar refractivity (Wildman–Crippen MR) is 79.0 cm³/mol. The van der Waals surface area contributed by atoms with Crippen LogP contribution in [-0.2, 0) is 16.1 Å². The van der Waals surface area contributed by atoms with Gasteiger partial charge in [0.25, 0.3) is 0 Å². The molecule has 1 aromatic rings. The Morgan fingerprint density at radius 3 is 2.91 bits per heavy atom. The van der Waals surface area contributed by atoms with E-state index in [-0.39, 0.29) is 12.0 Å². The van der Waals surface area contributed by atoms with Gasteiger partial charge in [-0.05, 0) is 32.1 Å². The summed E-state index contributed by atoms with van der Waals surface area (Å²) in [7, 11) is 0. The van der Waals surface area contributed by atoms with Crippen LogP contribution in [0.3, 0.4) is 0 Å². The van der Waals surface area contributed by atoms with Crippen molar-refractivity contribution in [2.75, 3.05) is 19.7 Å². The lowest BCUT2D eigenvalue weighted by atomic mass is 9.82. The Balaban J connectivity index is 1.43. The van der Waals surface area contributed by atoms with E-state index in [2.05, 4.69) is 10.1 Å². The molecule has 3 heterocycles. The summed E-state index contributed by atoms with van der Waals surface area (Å²) in [5.41, 5.74) is -0.407. The molecule has 1 atom stereocenters. The fraction of sp³-hybridized carbons (Fsp3) is 0.800. The molecule has 1 unspecified atom stereocenters. The Bertz CT molecular complexity index is 483. The second kappa shape index (κ2) is 6.75. The fourth-order valence-corrected chi connectivity index (χ4v) is 3.42. The average Bonchev–Trinajstić information content (AvgIpc) is 3.04. The van der Waals surface area contributed by atoms with Crippen molar-refractivity contribution in [3.8, 4) is 0 Å². The van der Waals surface area contributed by atoms with E-state index in [9.17, 15) is 9.90 Å². The summed E-state index contributed by atoms with van der Waals surface area (Å²) in [5.74, 6) is 0.181. The summed E-state index contributed by atoms with van der Waals surface area (Å²) in [4.78, 5) is 18.0. The molecular formula is C15H24N4O3. The highest BCUT2D eigenvalue weighted by Gasteiger charge is 2.44. The van der Waals surface area contributed by atoms with Gasteiger partial charge in [0.1, 0.15) is 12.7 Å². The van der Waals surface area contributed by atoms with Crippen molar-refractivity contribution in [1.29, 1.82) is 0 Å². The Morgan fingerprint density at radius 2 is 2.23 bits per heavy atom. The van der Waals surface area contributed by atoms with Gasteiger partial charge in [0.15, 0.2) is 0 Å². The summed E-state index contributed by atoms with van der Waals surface area (Å²) >= 11 is 0. The van der Waals surface area contributed by atoms with Crippen LogP contribution in [0.5, 0.6) is 0 Å². The van der Waals surface area contributed by atoms with Gasteiger partial charge in [0.2, 0.25) is 5.91 Å². The van der Waals surface area contributed by atoms with Gasteiger partial charge in [-0.15, -0.1) is 0 Å². The molecule has 122 valence electrons. The normalized spacial score (nSPS) is 24.6. The van der Waals surface area contributed by atoms with Crippen LogP contribution in [0, 0.1) is 0 Å². The van der Waals surface area contributed by atoms with Gasteiger partial charge in [-0.3, -0.25) is 9.48 Å². The molecule has 3 rings (SSSR count). The fourth-order valence-electron chi connectivity index (χ4n) is 3.42. The number of aliphatic hydroxyl groups is 1. The number of carbonyl (C=O) groups excluding carboxylic acids is 1. The number of aliphatic hydroxyl groups excluding tert-OH is 1. The minimum Gasteiger partial charge on any atom is -0.390 e. The van der Waals surface area contributed by atoms with Gasteiger partial charge in [0.05, 0.1) is 11.7 Å². The Labute approximate surface area is 130 Å². The van der Waals surface area contributed by atoms with Crippen molar-refractivity contribution >= 4 is 5.91 Å². The number of rotatable bonds is 4. The SMILES string of the molecule is O=C(CCCn1cncn1)N1CCC2(CC1)OCCCC2O. The molecule has 1 amide bonds. The molecule has 7 heteroatoms. The number of ether oxygens (including phenoxy) is 1. The van der Waals surface area contributed by atoms with E-state index in [1.807, 2.05) is 4.90 Å². The van der Waals surface area contributed by atoms with Crippen LogP contribution in [0.1, 0.15) is 38.5 Å². The summed E-state index contributed by atoms with van der Waals surface area (Å²) in [6.45, 7) is 2.80. The molecular weight excluding hydrogens is 284 g/mol. The molecule has 1 N–H and O–H groups in total. The average molecular weight is 308 g/mol. The number of hydrogen-bond donors (Lipinski definition) is 1. The van der Waals surface area contributed by atoms with E-state index < -0.39 is 5.60 Å². The number of carbonyl (C=O) groups is 1. The highest BCUT2D eigenvalue weighted by molar-refractivity contribution is 5.76. The summed E-state index contributed by atoms with van der Waals surface area (Å²) in [5, 5.41) is 14.2. The van der Waals surface area contributed by atoms with E-state index in [0.717, 1.165) is 38.7 Å². The Kier molecular flexibility index (Phi) is 4.73. The molecule has 0 aliphatic carbocycles. The van der Waals surface area contributed by atoms with E-state index >= 15 is 0 Å². The lowest BCUT2D eigenvalue weighted by Gasteiger charge is -2.46. The molecule has 1 spiro atoms. The molecule has 2 aliphatic rings. The van der Waals surface area contributed by atoms with Crippen molar-refractivity contribution in [3.05, 3.63) is 12.7 Å². The minimum absolute atomic E-state index is 0.181. The number of aromatic nitrogens is 3. The maximum absolute atomic E-state index is 12.3. The first-order valence-electron chi connectivity index (χ1n) is 8.12. The first kappa shape index (κ1) is 15.4. The monoisotopic (exact) mass is 308 g/mol. The summed E-state index contributed by atoms with van der Waals surface area (Å²) in [6, 6.07) is 0. The van der Waals surface area contributed by atoms with Gasteiger partial charge in [-0.2, -0.15) is 5.10 Å². The van der Waals surface area contributed by atoms with Gasteiger partial charge >= 0.3 is 0 Å². The first-order chi connectivity index (χ1) is 10.7. The van der Waals surface area contributed by atoms with Crippen LogP contribution in [0.15, 0.2) is 12.7 Å². The quantitative estimate of drug-likeness (QED) is 0.880. The third kappa shape index (κ3) is 3.30. The van der Waals surface area contributed by atoms with Crippen LogP contribution in [0.2, 0.25) is 0 Å². The largest absolute Gasteiger partial charge is 0.390 e. The van der Waals surface area contributed by atoms with Gasteiger partial charge in [-0.1, -0.05) is 0 Å². The highest BCUT2D eigenvalue weighted by atomic mass is 16.5. The molecule has 2 saturated heterocycles. The molecule has 2 fully saturated rings. The zero-order chi connectivity index (χ0) is 15.4. The molecule has 1 aromatic heterocycles. The van der Waals surface area contributed by atoms with Crippen molar-refractivity contribution in [2.45, 2.75) is 56.8 Å². The number of amides is 1. The lowest BCUT2D eigenvalue weighted by Crippen LogP contribution is -2.56. The van der Waals surface area contributed by atoms with Crippen molar-refractivity contribution in [1.82, 2.24) is 19.7 Å². The molecule has 22 heavy (non-hydrogen) atoms. The molecule has 0 aromatic carbocycles. The number of piperidine rings is 1.